The first-order valence-electron chi connectivity index (χ1n) is 7.92. The molecule has 1 atom stereocenters. The van der Waals surface area contributed by atoms with Crippen LogP contribution in [-0.4, -0.2) is 40.7 Å². The number of carbonyl (C=O) groups is 1. The maximum atomic E-state index is 12.4. The fourth-order valence-electron chi connectivity index (χ4n) is 2.99. The van der Waals surface area contributed by atoms with Crippen LogP contribution in [0.4, 0.5) is 4.79 Å². The zero-order chi connectivity index (χ0) is 16.1. The Morgan fingerprint density at radius 3 is 2.91 bits per heavy atom. The highest BCUT2D eigenvalue weighted by Crippen LogP contribution is 2.32. The third kappa shape index (κ3) is 3.64. The Kier molecular flexibility index (Phi) is 4.80. The lowest BCUT2D eigenvalue weighted by Gasteiger charge is -2.25. The van der Waals surface area contributed by atoms with Crippen LogP contribution in [0, 0.1) is 0 Å². The first kappa shape index (κ1) is 15.4. The number of ether oxygens (including phenoxy) is 1. The maximum Gasteiger partial charge on any atom is 0.317 e. The number of rotatable bonds is 5. The normalized spacial score (nSPS) is 17.3. The number of amides is 2. The third-order valence-corrected chi connectivity index (χ3v) is 4.22. The van der Waals surface area contributed by atoms with Crippen LogP contribution in [0.3, 0.4) is 0 Å². The molecule has 1 aliphatic heterocycles. The first-order chi connectivity index (χ1) is 11.3. The summed E-state index contributed by atoms with van der Waals surface area (Å²) in [5.74, 6) is 0.836. The Morgan fingerprint density at radius 1 is 1.39 bits per heavy atom. The average Bonchev–Trinajstić information content (AvgIpc) is 3.26. The molecular formula is C17H22N4O2. The molecule has 0 bridgehead atoms. The molecule has 2 aromatic rings. The second-order valence-electron chi connectivity index (χ2n) is 5.66. The molecule has 1 fully saturated rings. The highest BCUT2D eigenvalue weighted by atomic mass is 16.5. The van der Waals surface area contributed by atoms with Gasteiger partial charge in [-0.25, -0.2) is 9.78 Å². The van der Waals surface area contributed by atoms with Crippen molar-refractivity contribution in [1.82, 2.24) is 19.8 Å². The van der Waals surface area contributed by atoms with Crippen molar-refractivity contribution in [3.05, 3.63) is 48.5 Å². The molecule has 23 heavy (non-hydrogen) atoms. The number of imidazole rings is 1. The fourth-order valence-corrected chi connectivity index (χ4v) is 2.99. The van der Waals surface area contributed by atoms with Gasteiger partial charge in [0, 0.05) is 32.0 Å². The maximum absolute atomic E-state index is 12.4. The molecular weight excluding hydrogens is 292 g/mol. The summed E-state index contributed by atoms with van der Waals surface area (Å²) in [7, 11) is 1.66. The third-order valence-electron chi connectivity index (χ3n) is 4.22. The van der Waals surface area contributed by atoms with Crippen LogP contribution in [-0.2, 0) is 6.54 Å². The molecule has 2 amide bonds. The lowest BCUT2D eigenvalue weighted by molar-refractivity contribution is 0.192. The Hall–Kier alpha value is -2.50. The first-order valence-corrected chi connectivity index (χ1v) is 7.92. The number of likely N-dealkylation sites (tertiary alicyclic amines) is 1. The van der Waals surface area contributed by atoms with Gasteiger partial charge in [0.1, 0.15) is 5.75 Å². The topological polar surface area (TPSA) is 59.4 Å². The predicted molar refractivity (Wildman–Crippen MR) is 87.3 cm³/mol. The summed E-state index contributed by atoms with van der Waals surface area (Å²) < 4.78 is 7.14. The number of benzene rings is 1. The number of hydrogen-bond donors (Lipinski definition) is 1. The lowest BCUT2D eigenvalue weighted by atomic mass is 10.0. The molecule has 0 spiro atoms. The molecule has 0 saturated carbocycles. The smallest absolute Gasteiger partial charge is 0.317 e. The van der Waals surface area contributed by atoms with E-state index in [2.05, 4.69) is 10.3 Å². The van der Waals surface area contributed by atoms with E-state index >= 15 is 0 Å². The second kappa shape index (κ2) is 7.17. The Bertz CT molecular complexity index is 625. The van der Waals surface area contributed by atoms with E-state index in [1.165, 1.54) is 0 Å². The van der Waals surface area contributed by atoms with Crippen LogP contribution >= 0.6 is 0 Å². The quantitative estimate of drug-likeness (QED) is 0.922. The minimum Gasteiger partial charge on any atom is -0.497 e. The minimum atomic E-state index is 0.00318. The monoisotopic (exact) mass is 314 g/mol. The summed E-state index contributed by atoms with van der Waals surface area (Å²) in [5.41, 5.74) is 1.16. The minimum absolute atomic E-state index is 0.00318. The number of aromatic nitrogens is 2. The lowest BCUT2D eigenvalue weighted by Crippen LogP contribution is -2.40. The van der Waals surface area contributed by atoms with E-state index in [0.29, 0.717) is 6.54 Å². The molecule has 0 unspecified atom stereocenters. The zero-order valence-corrected chi connectivity index (χ0v) is 13.3. The van der Waals surface area contributed by atoms with E-state index in [1.54, 1.807) is 19.6 Å². The molecule has 6 heteroatoms. The number of nitrogens with zero attached hydrogens (tertiary/aromatic N) is 3. The van der Waals surface area contributed by atoms with Crippen LogP contribution < -0.4 is 10.1 Å². The van der Waals surface area contributed by atoms with Crippen molar-refractivity contribution in [3.63, 3.8) is 0 Å². The van der Waals surface area contributed by atoms with Crippen LogP contribution in [0.25, 0.3) is 0 Å². The molecule has 3 rings (SSSR count). The average molecular weight is 314 g/mol. The fraction of sp³-hybridized carbons (Fsp3) is 0.412. The van der Waals surface area contributed by atoms with Gasteiger partial charge >= 0.3 is 6.03 Å². The van der Waals surface area contributed by atoms with Crippen molar-refractivity contribution in [2.24, 2.45) is 0 Å². The van der Waals surface area contributed by atoms with Gasteiger partial charge in [-0.15, -0.1) is 0 Å². The molecule has 1 aromatic heterocycles. The molecule has 1 aromatic carbocycles. The summed E-state index contributed by atoms with van der Waals surface area (Å²) in [5, 5.41) is 3.00. The van der Waals surface area contributed by atoms with Gasteiger partial charge in [-0.05, 0) is 30.5 Å². The summed E-state index contributed by atoms with van der Waals surface area (Å²) in [6.45, 7) is 2.13. The summed E-state index contributed by atoms with van der Waals surface area (Å²) in [6.07, 6.45) is 7.42. The summed E-state index contributed by atoms with van der Waals surface area (Å²) >= 11 is 0. The highest BCUT2D eigenvalue weighted by molar-refractivity contribution is 5.75. The Labute approximate surface area is 136 Å². The van der Waals surface area contributed by atoms with Crippen molar-refractivity contribution >= 4 is 6.03 Å². The molecule has 0 aliphatic carbocycles. The van der Waals surface area contributed by atoms with Gasteiger partial charge in [-0.1, -0.05) is 12.1 Å². The number of hydrogen-bond acceptors (Lipinski definition) is 3. The standard InChI is InChI=1S/C17H22N4O2/c1-23-15-6-4-14(5-7-15)16-3-2-10-21(16)17(22)19-9-12-20-11-8-18-13-20/h4-8,11,13,16H,2-3,9-10,12H2,1H3,(H,19,22)/t16-/m0/s1. The van der Waals surface area contributed by atoms with Gasteiger partial charge in [0.25, 0.3) is 0 Å². The number of nitrogens with one attached hydrogen (secondary N) is 1. The van der Waals surface area contributed by atoms with Crippen molar-refractivity contribution in [2.75, 3.05) is 20.2 Å². The predicted octanol–water partition coefficient (Wildman–Crippen LogP) is 2.44. The van der Waals surface area contributed by atoms with Gasteiger partial charge in [0.05, 0.1) is 19.5 Å². The van der Waals surface area contributed by atoms with E-state index in [4.69, 9.17) is 4.74 Å². The van der Waals surface area contributed by atoms with E-state index < -0.39 is 0 Å². The summed E-state index contributed by atoms with van der Waals surface area (Å²) in [4.78, 5) is 18.4. The van der Waals surface area contributed by atoms with E-state index in [-0.39, 0.29) is 12.1 Å². The number of carbonyl (C=O) groups excluding carboxylic acids is 1. The molecule has 6 nitrogen and oxygen atoms in total. The van der Waals surface area contributed by atoms with E-state index in [0.717, 1.165) is 37.2 Å². The number of urea groups is 1. The van der Waals surface area contributed by atoms with Crippen LogP contribution in [0.5, 0.6) is 5.75 Å². The Morgan fingerprint density at radius 2 is 2.22 bits per heavy atom. The van der Waals surface area contributed by atoms with Crippen molar-refractivity contribution in [1.29, 1.82) is 0 Å². The van der Waals surface area contributed by atoms with Gasteiger partial charge in [0.2, 0.25) is 0 Å². The van der Waals surface area contributed by atoms with Crippen molar-refractivity contribution < 1.29 is 9.53 Å². The van der Waals surface area contributed by atoms with Gasteiger partial charge in [-0.2, -0.15) is 0 Å². The van der Waals surface area contributed by atoms with Crippen molar-refractivity contribution in [2.45, 2.75) is 25.4 Å². The second-order valence-corrected chi connectivity index (χ2v) is 5.66. The molecule has 2 heterocycles. The zero-order valence-electron chi connectivity index (χ0n) is 13.3. The summed E-state index contributed by atoms with van der Waals surface area (Å²) in [6, 6.07) is 8.13. The van der Waals surface area contributed by atoms with E-state index in [9.17, 15) is 4.79 Å². The van der Waals surface area contributed by atoms with Crippen LogP contribution in [0.1, 0.15) is 24.4 Å². The molecule has 122 valence electrons. The van der Waals surface area contributed by atoms with Crippen molar-refractivity contribution in [3.8, 4) is 5.75 Å². The molecule has 1 N–H and O–H groups in total. The van der Waals surface area contributed by atoms with Gasteiger partial charge in [-0.3, -0.25) is 0 Å². The van der Waals surface area contributed by atoms with Crippen LogP contribution in [0.2, 0.25) is 0 Å². The largest absolute Gasteiger partial charge is 0.497 e. The van der Waals surface area contributed by atoms with Gasteiger partial charge < -0.3 is 19.5 Å². The van der Waals surface area contributed by atoms with Gasteiger partial charge in [0.15, 0.2) is 0 Å². The highest BCUT2D eigenvalue weighted by Gasteiger charge is 2.29. The molecule has 1 saturated heterocycles. The molecule has 1 aliphatic rings. The SMILES string of the molecule is COc1ccc([C@@H]2CCCN2C(=O)NCCn2ccnc2)cc1. The van der Waals surface area contributed by atoms with E-state index in [1.807, 2.05) is 39.9 Å². The Balaban J connectivity index is 1.57. The van der Waals surface area contributed by atoms with Crippen LogP contribution in [0.15, 0.2) is 43.0 Å². The molecule has 0 radical (unpaired) electrons. The number of methoxy groups -OCH3 is 1.